The van der Waals surface area contributed by atoms with Crippen molar-refractivity contribution in [1.29, 1.82) is 5.26 Å². The lowest BCUT2D eigenvalue weighted by Crippen LogP contribution is -2.37. The Hall–Kier alpha value is -1.38. The largest absolute Gasteiger partial charge is 0.244 e. The fourth-order valence-corrected chi connectivity index (χ4v) is 6.52. The molecule has 0 spiro atoms. The van der Waals surface area contributed by atoms with Gasteiger partial charge in [-0.1, -0.05) is 32.9 Å². The zero-order valence-electron chi connectivity index (χ0n) is 13.3. The van der Waals surface area contributed by atoms with E-state index in [1.54, 1.807) is 28.6 Å². The predicted octanol–water partition coefficient (Wildman–Crippen LogP) is 3.15. The van der Waals surface area contributed by atoms with Crippen molar-refractivity contribution < 1.29 is 8.42 Å². The van der Waals surface area contributed by atoms with Crippen molar-refractivity contribution in [2.24, 2.45) is 10.8 Å². The Morgan fingerprint density at radius 1 is 1.23 bits per heavy atom. The summed E-state index contributed by atoms with van der Waals surface area (Å²) in [6.45, 7) is 7.18. The van der Waals surface area contributed by atoms with Gasteiger partial charge in [-0.3, -0.25) is 0 Å². The van der Waals surface area contributed by atoms with Crippen LogP contribution in [0.2, 0.25) is 0 Å². The first-order valence-electron chi connectivity index (χ1n) is 7.68. The predicted molar refractivity (Wildman–Crippen MR) is 84.6 cm³/mol. The third kappa shape index (κ3) is 2.45. The molecule has 0 amide bonds. The maximum atomic E-state index is 13.1. The average molecular weight is 318 g/mol. The number of hydrogen-bond donors (Lipinski definition) is 0. The lowest BCUT2D eigenvalue weighted by molar-refractivity contribution is 0.133. The summed E-state index contributed by atoms with van der Waals surface area (Å²) in [6.07, 6.45) is 2.85. The first-order valence-corrected chi connectivity index (χ1v) is 9.12. The number of fused-ring (bicyclic) bond motifs is 2. The third-order valence-corrected chi connectivity index (χ3v) is 6.92. The molecule has 1 aliphatic heterocycles. The second-order valence-corrected chi connectivity index (χ2v) is 9.73. The second-order valence-electron chi connectivity index (χ2n) is 7.87. The molecule has 118 valence electrons. The van der Waals surface area contributed by atoms with Crippen LogP contribution in [0.25, 0.3) is 0 Å². The van der Waals surface area contributed by atoms with E-state index in [4.69, 9.17) is 0 Å². The second kappa shape index (κ2) is 4.81. The topological polar surface area (TPSA) is 61.2 Å². The molecule has 1 saturated heterocycles. The number of nitriles is 1. The molecule has 1 saturated carbocycles. The Balaban J connectivity index is 2.03. The van der Waals surface area contributed by atoms with Crippen LogP contribution in [0.5, 0.6) is 0 Å². The van der Waals surface area contributed by atoms with E-state index in [1.165, 1.54) is 0 Å². The highest BCUT2D eigenvalue weighted by atomic mass is 32.2. The molecule has 1 aromatic carbocycles. The summed E-state index contributed by atoms with van der Waals surface area (Å²) in [5, 5.41) is 9.21. The van der Waals surface area contributed by atoms with Crippen LogP contribution in [0.3, 0.4) is 0 Å². The molecule has 1 aliphatic carbocycles. The maximum absolute atomic E-state index is 13.1. The number of nitrogens with zero attached hydrogens (tertiary/aromatic N) is 2. The lowest BCUT2D eigenvalue weighted by atomic mass is 9.65. The molecular formula is C17H22N2O2S. The van der Waals surface area contributed by atoms with E-state index in [9.17, 15) is 13.7 Å². The fourth-order valence-electron chi connectivity index (χ4n) is 4.60. The number of sulfonamides is 1. The molecule has 0 N–H and O–H groups in total. The van der Waals surface area contributed by atoms with Crippen LogP contribution in [0.1, 0.15) is 45.6 Å². The molecule has 2 fully saturated rings. The molecule has 2 bridgehead atoms. The minimum absolute atomic E-state index is 0.0427. The SMILES string of the molecule is CC1(C)CC2CC(C)(CN2S(=O)(=O)c2ccccc2C#N)C1. The van der Waals surface area contributed by atoms with E-state index < -0.39 is 10.0 Å². The van der Waals surface area contributed by atoms with Gasteiger partial charge in [0.15, 0.2) is 0 Å². The van der Waals surface area contributed by atoms with Crippen molar-refractivity contribution in [2.75, 3.05) is 6.54 Å². The molecule has 0 aromatic heterocycles. The first-order chi connectivity index (χ1) is 10.2. The molecule has 2 atom stereocenters. The summed E-state index contributed by atoms with van der Waals surface area (Å²) < 4.78 is 27.8. The lowest BCUT2D eigenvalue weighted by Gasteiger charge is -2.39. The van der Waals surface area contributed by atoms with Crippen LogP contribution >= 0.6 is 0 Å². The highest BCUT2D eigenvalue weighted by Gasteiger charge is 2.53. The summed E-state index contributed by atoms with van der Waals surface area (Å²) in [5.74, 6) is 0. The molecule has 2 aliphatic rings. The van der Waals surface area contributed by atoms with Gasteiger partial charge in [0, 0.05) is 12.6 Å². The zero-order valence-corrected chi connectivity index (χ0v) is 14.2. The number of rotatable bonds is 2. The Bertz CT molecular complexity index is 748. The van der Waals surface area contributed by atoms with Gasteiger partial charge in [-0.25, -0.2) is 8.42 Å². The van der Waals surface area contributed by atoms with Crippen molar-refractivity contribution in [2.45, 2.75) is 51.0 Å². The van der Waals surface area contributed by atoms with Crippen molar-refractivity contribution in [3.8, 4) is 6.07 Å². The number of hydrogen-bond acceptors (Lipinski definition) is 3. The Labute approximate surface area is 132 Å². The van der Waals surface area contributed by atoms with Crippen molar-refractivity contribution in [3.63, 3.8) is 0 Å². The molecular weight excluding hydrogens is 296 g/mol. The van der Waals surface area contributed by atoms with Gasteiger partial charge in [-0.15, -0.1) is 0 Å². The van der Waals surface area contributed by atoms with Gasteiger partial charge < -0.3 is 0 Å². The molecule has 5 heteroatoms. The highest BCUT2D eigenvalue weighted by Crippen LogP contribution is 2.53. The maximum Gasteiger partial charge on any atom is 0.244 e. The molecule has 2 unspecified atom stereocenters. The number of benzene rings is 1. The fraction of sp³-hybridized carbons (Fsp3) is 0.588. The van der Waals surface area contributed by atoms with Gasteiger partial charge in [0.05, 0.1) is 10.5 Å². The van der Waals surface area contributed by atoms with E-state index >= 15 is 0 Å². The van der Waals surface area contributed by atoms with E-state index in [1.807, 2.05) is 6.07 Å². The minimum atomic E-state index is -3.61. The average Bonchev–Trinajstić information content (AvgIpc) is 2.68. The van der Waals surface area contributed by atoms with Gasteiger partial charge in [0.2, 0.25) is 10.0 Å². The normalized spacial score (nSPS) is 30.9. The van der Waals surface area contributed by atoms with E-state index in [-0.39, 0.29) is 27.3 Å². The van der Waals surface area contributed by atoms with E-state index in [0.29, 0.717) is 6.54 Å². The van der Waals surface area contributed by atoms with Crippen LogP contribution in [0, 0.1) is 22.2 Å². The Morgan fingerprint density at radius 3 is 2.59 bits per heavy atom. The van der Waals surface area contributed by atoms with E-state index in [0.717, 1.165) is 19.3 Å². The smallest absolute Gasteiger partial charge is 0.207 e. The highest BCUT2D eigenvalue weighted by molar-refractivity contribution is 7.89. The van der Waals surface area contributed by atoms with E-state index in [2.05, 4.69) is 20.8 Å². The van der Waals surface area contributed by atoms with Crippen molar-refractivity contribution >= 4 is 10.0 Å². The van der Waals surface area contributed by atoms with Crippen LogP contribution < -0.4 is 0 Å². The first kappa shape index (κ1) is 15.5. The van der Waals surface area contributed by atoms with Gasteiger partial charge in [0.1, 0.15) is 6.07 Å². The summed E-state index contributed by atoms with van der Waals surface area (Å²) in [6, 6.07) is 8.55. The molecule has 1 heterocycles. The summed E-state index contributed by atoms with van der Waals surface area (Å²) in [5.41, 5.74) is 0.436. The quantitative estimate of drug-likeness (QED) is 0.841. The minimum Gasteiger partial charge on any atom is -0.207 e. The summed E-state index contributed by atoms with van der Waals surface area (Å²) >= 11 is 0. The van der Waals surface area contributed by atoms with Crippen molar-refractivity contribution in [1.82, 2.24) is 4.31 Å². The van der Waals surface area contributed by atoms with Crippen LogP contribution in [-0.2, 0) is 10.0 Å². The zero-order chi connectivity index (χ0) is 16.2. The molecule has 22 heavy (non-hydrogen) atoms. The Kier molecular flexibility index (Phi) is 3.39. The van der Waals surface area contributed by atoms with Gasteiger partial charge in [-0.05, 0) is 42.2 Å². The summed E-state index contributed by atoms with van der Waals surface area (Å²) in [7, 11) is -3.61. The van der Waals surface area contributed by atoms with Gasteiger partial charge >= 0.3 is 0 Å². The molecule has 0 radical (unpaired) electrons. The monoisotopic (exact) mass is 318 g/mol. The molecule has 1 aromatic rings. The molecule has 4 nitrogen and oxygen atoms in total. The Morgan fingerprint density at radius 2 is 1.91 bits per heavy atom. The van der Waals surface area contributed by atoms with Crippen LogP contribution in [-0.4, -0.2) is 25.3 Å². The summed E-state index contributed by atoms with van der Waals surface area (Å²) in [4.78, 5) is 0.145. The third-order valence-electron chi connectivity index (χ3n) is 4.96. The van der Waals surface area contributed by atoms with Crippen molar-refractivity contribution in [3.05, 3.63) is 29.8 Å². The van der Waals surface area contributed by atoms with Crippen LogP contribution in [0.15, 0.2) is 29.2 Å². The standard InChI is InChI=1S/C17H22N2O2S/c1-16(2)8-14-9-17(3,11-16)12-19(14)22(20,21)15-7-5-4-6-13(15)10-18/h4-7,14H,8-9,11-12H2,1-3H3. The molecule has 3 rings (SSSR count). The van der Waals surface area contributed by atoms with Crippen LogP contribution in [0.4, 0.5) is 0 Å². The van der Waals surface area contributed by atoms with Gasteiger partial charge in [-0.2, -0.15) is 9.57 Å². The van der Waals surface area contributed by atoms with Gasteiger partial charge in [0.25, 0.3) is 0 Å².